The second-order valence-electron chi connectivity index (χ2n) is 4.56. The van der Waals surface area contributed by atoms with Crippen LogP contribution in [0.15, 0.2) is 34.9 Å². The van der Waals surface area contributed by atoms with E-state index in [-0.39, 0.29) is 11.4 Å². The van der Waals surface area contributed by atoms with E-state index >= 15 is 0 Å². The smallest absolute Gasteiger partial charge is 0.256 e. The fourth-order valence-electron chi connectivity index (χ4n) is 2.16. The molecule has 0 aliphatic carbocycles. The minimum Gasteiger partial charge on any atom is -0.365 e. The van der Waals surface area contributed by atoms with E-state index in [0.29, 0.717) is 17.4 Å². The molecule has 0 saturated carbocycles. The molecular formula is C14H13N5O2. The van der Waals surface area contributed by atoms with Gasteiger partial charge in [-0.1, -0.05) is 35.5 Å². The maximum atomic E-state index is 11.8. The third kappa shape index (κ3) is 2.18. The fraction of sp³-hybridized carbons (Fsp3) is 0.143. The molecule has 0 bridgehead atoms. The van der Waals surface area contributed by atoms with Crippen LogP contribution in [0.3, 0.4) is 0 Å². The van der Waals surface area contributed by atoms with E-state index in [1.807, 2.05) is 30.3 Å². The highest BCUT2D eigenvalue weighted by Gasteiger charge is 2.25. The van der Waals surface area contributed by atoms with Crippen molar-refractivity contribution in [2.45, 2.75) is 13.8 Å². The molecule has 106 valence electrons. The van der Waals surface area contributed by atoms with Crippen LogP contribution in [-0.4, -0.2) is 25.8 Å². The van der Waals surface area contributed by atoms with Crippen LogP contribution in [0.2, 0.25) is 0 Å². The quantitative estimate of drug-likeness (QED) is 0.787. The van der Waals surface area contributed by atoms with Gasteiger partial charge in [0.15, 0.2) is 5.76 Å². The van der Waals surface area contributed by atoms with E-state index in [1.54, 1.807) is 13.8 Å². The maximum absolute atomic E-state index is 11.8. The standard InChI is InChI=1S/C14H13N5O2/c1-8-16-9(2)19(17-8)14-11(13(15)20)12(21-18-14)10-6-4-3-5-7-10/h3-7H,1-2H3,(H2,15,20). The second kappa shape index (κ2) is 4.86. The molecule has 2 aromatic heterocycles. The third-order valence-electron chi connectivity index (χ3n) is 3.03. The third-order valence-corrected chi connectivity index (χ3v) is 3.03. The van der Waals surface area contributed by atoms with Gasteiger partial charge in [0.05, 0.1) is 0 Å². The maximum Gasteiger partial charge on any atom is 0.256 e. The van der Waals surface area contributed by atoms with Crippen LogP contribution in [0, 0.1) is 13.8 Å². The zero-order chi connectivity index (χ0) is 15.0. The normalized spacial score (nSPS) is 10.8. The Labute approximate surface area is 120 Å². The van der Waals surface area contributed by atoms with Gasteiger partial charge in [-0.05, 0) is 13.8 Å². The summed E-state index contributed by atoms with van der Waals surface area (Å²) in [7, 11) is 0. The van der Waals surface area contributed by atoms with Gasteiger partial charge in [0.1, 0.15) is 17.2 Å². The summed E-state index contributed by atoms with van der Waals surface area (Å²) in [6, 6.07) is 9.18. The zero-order valence-electron chi connectivity index (χ0n) is 11.6. The van der Waals surface area contributed by atoms with Crippen LogP contribution in [-0.2, 0) is 0 Å². The highest BCUT2D eigenvalue weighted by atomic mass is 16.5. The molecule has 1 aromatic carbocycles. The van der Waals surface area contributed by atoms with Crippen LogP contribution in [0.25, 0.3) is 17.1 Å². The molecule has 7 heteroatoms. The number of hydrogen-bond acceptors (Lipinski definition) is 5. The van der Waals surface area contributed by atoms with Gasteiger partial charge in [-0.3, -0.25) is 4.79 Å². The summed E-state index contributed by atoms with van der Waals surface area (Å²) in [5, 5.41) is 8.15. The number of carbonyl (C=O) groups excluding carboxylic acids is 1. The van der Waals surface area contributed by atoms with Crippen molar-refractivity contribution in [2.24, 2.45) is 5.73 Å². The first-order valence-corrected chi connectivity index (χ1v) is 6.33. The summed E-state index contributed by atoms with van der Waals surface area (Å²) in [6.45, 7) is 3.52. The first-order chi connectivity index (χ1) is 10.1. The van der Waals surface area contributed by atoms with Gasteiger partial charge in [0, 0.05) is 5.56 Å². The zero-order valence-corrected chi connectivity index (χ0v) is 11.6. The van der Waals surface area contributed by atoms with E-state index < -0.39 is 5.91 Å². The molecule has 2 heterocycles. The van der Waals surface area contributed by atoms with Crippen molar-refractivity contribution in [3.8, 4) is 17.1 Å². The van der Waals surface area contributed by atoms with Crippen LogP contribution in [0.5, 0.6) is 0 Å². The minimum atomic E-state index is -0.627. The monoisotopic (exact) mass is 283 g/mol. The Kier molecular flexibility index (Phi) is 3.02. The first-order valence-electron chi connectivity index (χ1n) is 6.33. The fourth-order valence-corrected chi connectivity index (χ4v) is 2.16. The number of nitrogens with two attached hydrogens (primary N) is 1. The Hall–Kier alpha value is -2.96. The number of hydrogen-bond donors (Lipinski definition) is 1. The topological polar surface area (TPSA) is 99.8 Å². The van der Waals surface area contributed by atoms with Gasteiger partial charge in [0.2, 0.25) is 5.82 Å². The number of aryl methyl sites for hydroxylation is 2. The number of nitrogens with zero attached hydrogens (tertiary/aromatic N) is 4. The summed E-state index contributed by atoms with van der Waals surface area (Å²) in [5.41, 5.74) is 6.40. The Bertz CT molecular complexity index is 804. The van der Waals surface area contributed by atoms with E-state index in [2.05, 4.69) is 15.2 Å². The predicted octanol–water partition coefficient (Wildman–Crippen LogP) is 1.64. The molecular weight excluding hydrogens is 270 g/mol. The van der Waals surface area contributed by atoms with E-state index in [4.69, 9.17) is 10.3 Å². The molecule has 0 atom stereocenters. The van der Waals surface area contributed by atoms with E-state index in [9.17, 15) is 4.79 Å². The lowest BCUT2D eigenvalue weighted by Crippen LogP contribution is -2.15. The molecule has 1 amide bonds. The van der Waals surface area contributed by atoms with Gasteiger partial charge in [-0.2, -0.15) is 4.68 Å². The van der Waals surface area contributed by atoms with Gasteiger partial charge >= 0.3 is 0 Å². The van der Waals surface area contributed by atoms with Crippen LogP contribution in [0.1, 0.15) is 22.0 Å². The van der Waals surface area contributed by atoms with E-state index in [0.717, 1.165) is 5.56 Å². The number of primary amides is 1. The summed E-state index contributed by atoms with van der Waals surface area (Å²) in [6.07, 6.45) is 0. The van der Waals surface area contributed by atoms with Crippen molar-refractivity contribution in [2.75, 3.05) is 0 Å². The van der Waals surface area contributed by atoms with Crippen molar-refractivity contribution < 1.29 is 9.32 Å². The van der Waals surface area contributed by atoms with Crippen molar-refractivity contribution in [3.63, 3.8) is 0 Å². The minimum absolute atomic E-state index is 0.189. The van der Waals surface area contributed by atoms with Crippen LogP contribution in [0.4, 0.5) is 0 Å². The van der Waals surface area contributed by atoms with Gasteiger partial charge in [0.25, 0.3) is 5.91 Å². The molecule has 0 radical (unpaired) electrons. The summed E-state index contributed by atoms with van der Waals surface area (Å²) >= 11 is 0. The number of rotatable bonds is 3. The Morgan fingerprint density at radius 3 is 2.52 bits per heavy atom. The molecule has 0 saturated heterocycles. The lowest BCUT2D eigenvalue weighted by atomic mass is 10.1. The highest BCUT2D eigenvalue weighted by Crippen LogP contribution is 2.28. The van der Waals surface area contributed by atoms with Crippen molar-refractivity contribution in [3.05, 3.63) is 47.5 Å². The van der Waals surface area contributed by atoms with Gasteiger partial charge in [-0.15, -0.1) is 5.10 Å². The summed E-state index contributed by atoms with van der Waals surface area (Å²) in [5.74, 6) is 1.12. The Balaban J connectivity index is 2.22. The van der Waals surface area contributed by atoms with E-state index in [1.165, 1.54) is 4.68 Å². The van der Waals surface area contributed by atoms with Gasteiger partial charge in [-0.25, -0.2) is 4.98 Å². The molecule has 3 rings (SSSR count). The Morgan fingerprint density at radius 2 is 1.95 bits per heavy atom. The molecule has 2 N–H and O–H groups in total. The largest absolute Gasteiger partial charge is 0.365 e. The predicted molar refractivity (Wildman–Crippen MR) is 74.8 cm³/mol. The highest BCUT2D eigenvalue weighted by molar-refractivity contribution is 6.01. The lowest BCUT2D eigenvalue weighted by molar-refractivity contribution is 0.100. The molecule has 21 heavy (non-hydrogen) atoms. The summed E-state index contributed by atoms with van der Waals surface area (Å²) in [4.78, 5) is 16.0. The van der Waals surface area contributed by atoms with Crippen molar-refractivity contribution >= 4 is 5.91 Å². The number of benzene rings is 1. The first kappa shape index (κ1) is 13.0. The number of aromatic nitrogens is 4. The molecule has 3 aromatic rings. The SMILES string of the molecule is Cc1nc(C)n(-c2noc(-c3ccccc3)c2C(N)=O)n1. The lowest BCUT2D eigenvalue weighted by Gasteiger charge is -2.01. The summed E-state index contributed by atoms with van der Waals surface area (Å²) < 4.78 is 6.77. The number of amides is 1. The van der Waals surface area contributed by atoms with Gasteiger partial charge < -0.3 is 10.3 Å². The van der Waals surface area contributed by atoms with Crippen molar-refractivity contribution in [1.29, 1.82) is 0 Å². The molecule has 0 unspecified atom stereocenters. The average molecular weight is 283 g/mol. The van der Waals surface area contributed by atoms with Crippen LogP contribution < -0.4 is 5.73 Å². The number of carbonyl (C=O) groups is 1. The molecule has 0 aliphatic rings. The molecule has 0 aliphatic heterocycles. The van der Waals surface area contributed by atoms with Crippen LogP contribution >= 0.6 is 0 Å². The second-order valence-corrected chi connectivity index (χ2v) is 4.56. The molecule has 0 spiro atoms. The van der Waals surface area contributed by atoms with Crippen molar-refractivity contribution in [1.82, 2.24) is 19.9 Å². The average Bonchev–Trinajstić information content (AvgIpc) is 3.02. The molecule has 7 nitrogen and oxygen atoms in total. The Morgan fingerprint density at radius 1 is 1.24 bits per heavy atom. The molecule has 0 fully saturated rings.